The lowest BCUT2D eigenvalue weighted by molar-refractivity contribution is 0.0391. The summed E-state index contributed by atoms with van der Waals surface area (Å²) >= 11 is 8.11. The number of rotatable bonds is 4. The van der Waals surface area contributed by atoms with Crippen molar-refractivity contribution in [1.82, 2.24) is 14.9 Å². The van der Waals surface area contributed by atoms with E-state index in [2.05, 4.69) is 25.8 Å². The van der Waals surface area contributed by atoms with E-state index in [4.69, 9.17) is 16.3 Å². The molecule has 0 atom stereocenters. The monoisotopic (exact) mass is 360 g/mol. The van der Waals surface area contributed by atoms with Crippen molar-refractivity contribution in [1.29, 1.82) is 0 Å². The standard InChI is InChI=1S/C17H17ClN4OS/c18-14-3-1-2-4-15(14)22(12-21-6-8-23-9-7-21)16-13-5-10-24-17(13)20-11-19-16/h1-5,10-11H,6-9,12H2. The Hall–Kier alpha value is -1.73. The van der Waals surface area contributed by atoms with Crippen molar-refractivity contribution in [3.05, 3.63) is 47.1 Å². The molecule has 124 valence electrons. The number of ether oxygens (including phenoxy) is 1. The Bertz CT molecular complexity index is 834. The van der Waals surface area contributed by atoms with Crippen LogP contribution < -0.4 is 4.90 Å². The molecule has 0 spiro atoms. The average Bonchev–Trinajstić information content (AvgIpc) is 3.10. The molecule has 0 unspecified atom stereocenters. The van der Waals surface area contributed by atoms with Gasteiger partial charge in [0.05, 0.1) is 36.0 Å². The van der Waals surface area contributed by atoms with Crippen LogP contribution in [0.15, 0.2) is 42.0 Å². The number of benzene rings is 1. The van der Waals surface area contributed by atoms with Crippen molar-refractivity contribution < 1.29 is 4.74 Å². The molecule has 3 aromatic rings. The normalized spacial score (nSPS) is 15.7. The first-order valence-electron chi connectivity index (χ1n) is 7.83. The van der Waals surface area contributed by atoms with Crippen LogP contribution in [0.3, 0.4) is 0 Å². The van der Waals surface area contributed by atoms with E-state index in [1.807, 2.05) is 29.6 Å². The van der Waals surface area contributed by atoms with Gasteiger partial charge in [-0.25, -0.2) is 9.97 Å². The molecule has 5 nitrogen and oxygen atoms in total. The number of hydrogen-bond acceptors (Lipinski definition) is 6. The quantitative estimate of drug-likeness (QED) is 0.708. The summed E-state index contributed by atoms with van der Waals surface area (Å²) in [5, 5.41) is 3.81. The Kier molecular flexibility index (Phi) is 4.62. The molecule has 0 radical (unpaired) electrons. The maximum absolute atomic E-state index is 6.49. The number of fused-ring (bicyclic) bond motifs is 1. The second-order valence-corrected chi connectivity index (χ2v) is 6.89. The number of para-hydroxylation sites is 1. The zero-order valence-electron chi connectivity index (χ0n) is 13.1. The summed E-state index contributed by atoms with van der Waals surface area (Å²) in [5.41, 5.74) is 0.955. The number of anilines is 2. The Morgan fingerprint density at radius 3 is 2.83 bits per heavy atom. The van der Waals surface area contributed by atoms with Crippen LogP contribution in [-0.2, 0) is 4.74 Å². The molecule has 7 heteroatoms. The van der Waals surface area contributed by atoms with Gasteiger partial charge in [-0.15, -0.1) is 11.3 Å². The van der Waals surface area contributed by atoms with Gasteiger partial charge in [0.25, 0.3) is 0 Å². The van der Waals surface area contributed by atoms with Gasteiger partial charge in [0, 0.05) is 13.1 Å². The van der Waals surface area contributed by atoms with Gasteiger partial charge in [0.1, 0.15) is 17.0 Å². The topological polar surface area (TPSA) is 41.5 Å². The molecule has 2 aromatic heterocycles. The highest BCUT2D eigenvalue weighted by Gasteiger charge is 2.21. The van der Waals surface area contributed by atoms with E-state index in [-0.39, 0.29) is 0 Å². The molecule has 3 heterocycles. The zero-order valence-corrected chi connectivity index (χ0v) is 14.6. The van der Waals surface area contributed by atoms with Gasteiger partial charge in [0.15, 0.2) is 0 Å². The predicted molar refractivity (Wildman–Crippen MR) is 98.3 cm³/mol. The largest absolute Gasteiger partial charge is 0.379 e. The molecule has 0 amide bonds. The van der Waals surface area contributed by atoms with Crippen LogP contribution in [-0.4, -0.2) is 47.8 Å². The van der Waals surface area contributed by atoms with Crippen LogP contribution in [0.4, 0.5) is 11.5 Å². The molecule has 1 aromatic carbocycles. The van der Waals surface area contributed by atoms with Gasteiger partial charge in [-0.1, -0.05) is 23.7 Å². The summed E-state index contributed by atoms with van der Waals surface area (Å²) in [7, 11) is 0. The van der Waals surface area contributed by atoms with E-state index in [0.29, 0.717) is 5.02 Å². The second kappa shape index (κ2) is 7.03. The number of halogens is 1. The van der Waals surface area contributed by atoms with Gasteiger partial charge in [-0.05, 0) is 23.6 Å². The van der Waals surface area contributed by atoms with Crippen molar-refractivity contribution in [2.45, 2.75) is 0 Å². The maximum Gasteiger partial charge on any atom is 0.146 e. The van der Waals surface area contributed by atoms with Crippen molar-refractivity contribution in [2.75, 3.05) is 37.9 Å². The van der Waals surface area contributed by atoms with E-state index in [0.717, 1.165) is 54.7 Å². The van der Waals surface area contributed by atoms with Crippen LogP contribution in [0.2, 0.25) is 5.02 Å². The fraction of sp³-hybridized carbons (Fsp3) is 0.294. The lowest BCUT2D eigenvalue weighted by atomic mass is 10.2. The van der Waals surface area contributed by atoms with Gasteiger partial charge in [-0.2, -0.15) is 0 Å². The number of morpholine rings is 1. The summed E-state index contributed by atoms with van der Waals surface area (Å²) in [6.45, 7) is 4.04. The highest BCUT2D eigenvalue weighted by atomic mass is 35.5. The number of hydrogen-bond donors (Lipinski definition) is 0. The summed E-state index contributed by atoms with van der Waals surface area (Å²) in [4.78, 5) is 14.4. The first-order valence-corrected chi connectivity index (χ1v) is 9.09. The third kappa shape index (κ3) is 3.10. The van der Waals surface area contributed by atoms with Crippen molar-refractivity contribution in [2.24, 2.45) is 0 Å². The molecule has 0 N–H and O–H groups in total. The van der Waals surface area contributed by atoms with Gasteiger partial charge < -0.3 is 9.64 Å². The van der Waals surface area contributed by atoms with Gasteiger partial charge >= 0.3 is 0 Å². The van der Waals surface area contributed by atoms with Crippen LogP contribution >= 0.6 is 22.9 Å². The molecule has 0 saturated carbocycles. The molecule has 1 aliphatic heterocycles. The molecule has 0 aliphatic carbocycles. The van der Waals surface area contributed by atoms with Crippen molar-refractivity contribution in [3.63, 3.8) is 0 Å². The minimum atomic E-state index is 0.716. The minimum absolute atomic E-state index is 0.716. The van der Waals surface area contributed by atoms with Crippen LogP contribution in [0.1, 0.15) is 0 Å². The average molecular weight is 361 g/mol. The summed E-state index contributed by atoms with van der Waals surface area (Å²) in [6.07, 6.45) is 1.62. The van der Waals surface area contributed by atoms with E-state index in [9.17, 15) is 0 Å². The summed E-state index contributed by atoms with van der Waals surface area (Å²) in [5.74, 6) is 0.890. The lowest BCUT2D eigenvalue weighted by Crippen LogP contribution is -2.42. The smallest absolute Gasteiger partial charge is 0.146 e. The van der Waals surface area contributed by atoms with Crippen LogP contribution in [0.5, 0.6) is 0 Å². The van der Waals surface area contributed by atoms with E-state index < -0.39 is 0 Å². The van der Waals surface area contributed by atoms with Crippen LogP contribution in [0.25, 0.3) is 10.2 Å². The predicted octanol–water partition coefficient (Wildman–Crippen LogP) is 3.77. The molecule has 4 rings (SSSR count). The van der Waals surface area contributed by atoms with Crippen molar-refractivity contribution in [3.8, 4) is 0 Å². The van der Waals surface area contributed by atoms with Crippen LogP contribution in [0, 0.1) is 0 Å². The van der Waals surface area contributed by atoms with Crippen molar-refractivity contribution >= 4 is 44.7 Å². The van der Waals surface area contributed by atoms with E-state index in [1.54, 1.807) is 17.7 Å². The van der Waals surface area contributed by atoms with E-state index in [1.165, 1.54) is 0 Å². The summed E-state index contributed by atoms with van der Waals surface area (Å²) in [6, 6.07) is 9.95. The molecule has 1 aliphatic rings. The second-order valence-electron chi connectivity index (χ2n) is 5.59. The SMILES string of the molecule is Clc1ccccc1N(CN1CCOCC1)c1ncnc2sccc12. The number of thiophene rings is 1. The molecule has 1 saturated heterocycles. The Morgan fingerprint density at radius 1 is 1.17 bits per heavy atom. The molecule has 1 fully saturated rings. The third-order valence-corrected chi connectivity index (χ3v) is 5.23. The Balaban J connectivity index is 1.77. The number of nitrogens with zero attached hydrogens (tertiary/aromatic N) is 4. The lowest BCUT2D eigenvalue weighted by Gasteiger charge is -2.34. The molecular weight excluding hydrogens is 344 g/mol. The zero-order chi connectivity index (χ0) is 16.4. The Labute approximate surface area is 149 Å². The Morgan fingerprint density at radius 2 is 2.00 bits per heavy atom. The highest BCUT2D eigenvalue weighted by Crippen LogP contribution is 2.35. The maximum atomic E-state index is 6.49. The third-order valence-electron chi connectivity index (χ3n) is 4.08. The highest BCUT2D eigenvalue weighted by molar-refractivity contribution is 7.16. The van der Waals surface area contributed by atoms with E-state index >= 15 is 0 Å². The molecule has 0 bridgehead atoms. The fourth-order valence-corrected chi connectivity index (χ4v) is 3.83. The summed E-state index contributed by atoms with van der Waals surface area (Å²) < 4.78 is 5.46. The minimum Gasteiger partial charge on any atom is -0.379 e. The first kappa shape index (κ1) is 15.8. The number of aromatic nitrogens is 2. The first-order chi connectivity index (χ1) is 11.8. The fourth-order valence-electron chi connectivity index (χ4n) is 2.86. The molecular formula is C17H17ClN4OS. The van der Waals surface area contributed by atoms with Gasteiger partial charge in [-0.3, -0.25) is 4.90 Å². The van der Waals surface area contributed by atoms with Gasteiger partial charge in [0.2, 0.25) is 0 Å². The molecule has 24 heavy (non-hydrogen) atoms.